The van der Waals surface area contributed by atoms with Crippen LogP contribution in [0.15, 0.2) is 0 Å². The van der Waals surface area contributed by atoms with Gasteiger partial charge in [0.05, 0.1) is 0 Å². The fourth-order valence-corrected chi connectivity index (χ4v) is 0.732. The molecule has 0 bridgehead atoms. The molecular formula is C8H17N3O3. The summed E-state index contributed by atoms with van der Waals surface area (Å²) in [6.07, 6.45) is 0. The maximum atomic E-state index is 11.2. The first-order chi connectivity index (χ1) is 6.57. The van der Waals surface area contributed by atoms with Crippen LogP contribution >= 0.6 is 0 Å². The highest BCUT2D eigenvalue weighted by Gasteiger charge is 2.11. The lowest BCUT2D eigenvalue weighted by molar-refractivity contribution is -0.140. The van der Waals surface area contributed by atoms with E-state index in [1.807, 2.05) is 6.92 Å². The van der Waals surface area contributed by atoms with Gasteiger partial charge in [-0.3, -0.25) is 14.4 Å². The van der Waals surface area contributed by atoms with Crippen molar-refractivity contribution in [3.63, 3.8) is 0 Å². The molecule has 0 saturated carbocycles. The molecule has 0 aromatic rings. The van der Waals surface area contributed by atoms with Gasteiger partial charge in [-0.2, -0.15) is 0 Å². The molecule has 0 radical (unpaired) electrons. The Morgan fingerprint density at radius 3 is 2.64 bits per heavy atom. The predicted octanol–water partition coefficient (Wildman–Crippen LogP) is -1.23. The van der Waals surface area contributed by atoms with Crippen molar-refractivity contribution in [3.8, 4) is 0 Å². The number of nitrogens with one attached hydrogen (secondary N) is 2. The van der Waals surface area contributed by atoms with Crippen LogP contribution in [0.1, 0.15) is 13.8 Å². The summed E-state index contributed by atoms with van der Waals surface area (Å²) in [5.74, 6) is -1.10. The zero-order valence-electron chi connectivity index (χ0n) is 8.50. The van der Waals surface area contributed by atoms with E-state index in [1.54, 1.807) is 6.92 Å². The number of hydrogen-bond donors (Lipinski definition) is 3. The monoisotopic (exact) mass is 203 g/mol. The van der Waals surface area contributed by atoms with Gasteiger partial charge >= 0.3 is 0 Å². The van der Waals surface area contributed by atoms with Gasteiger partial charge in [-0.1, -0.05) is 13.8 Å². The first-order valence-corrected chi connectivity index (χ1v) is 4.48. The summed E-state index contributed by atoms with van der Waals surface area (Å²) in [5.41, 5.74) is 6.95. The van der Waals surface area contributed by atoms with Crippen molar-refractivity contribution >= 4 is 11.8 Å². The van der Waals surface area contributed by atoms with Gasteiger partial charge in [0, 0.05) is 12.5 Å². The third-order valence-corrected chi connectivity index (χ3v) is 1.54. The molecule has 4 N–H and O–H groups in total. The molecule has 82 valence electrons. The Morgan fingerprint density at radius 1 is 1.50 bits per heavy atom. The summed E-state index contributed by atoms with van der Waals surface area (Å²) in [4.78, 5) is 26.0. The van der Waals surface area contributed by atoms with Crippen LogP contribution < -0.4 is 16.5 Å². The summed E-state index contributed by atoms with van der Waals surface area (Å²) >= 11 is 0. The summed E-state index contributed by atoms with van der Waals surface area (Å²) in [6.45, 7) is 4.78. The van der Waals surface area contributed by atoms with E-state index >= 15 is 0 Å². The predicted molar refractivity (Wildman–Crippen MR) is 51.0 cm³/mol. The van der Waals surface area contributed by atoms with E-state index in [4.69, 9.17) is 5.73 Å². The topological polar surface area (TPSA) is 93.4 Å². The molecule has 2 amide bonds. The number of carbonyl (C=O) groups excluding carboxylic acids is 2. The number of hydroxylamine groups is 1. The summed E-state index contributed by atoms with van der Waals surface area (Å²) < 4.78 is 0. The molecule has 0 spiro atoms. The molecule has 0 aliphatic heterocycles. The van der Waals surface area contributed by atoms with Crippen LogP contribution in [0.5, 0.6) is 0 Å². The standard InChI is InChI=1S/C8H17N3O3/c1-3-10-4-6(2)8(13)11-14-5-7(9)12/h6,10H,3-5H2,1-2H3,(H2,9,12)(H,11,13). The Hall–Kier alpha value is -1.14. The molecule has 14 heavy (non-hydrogen) atoms. The number of amides is 2. The van der Waals surface area contributed by atoms with Gasteiger partial charge in [-0.05, 0) is 6.54 Å². The van der Waals surface area contributed by atoms with Gasteiger partial charge in [0.25, 0.3) is 0 Å². The van der Waals surface area contributed by atoms with Gasteiger partial charge in [0.1, 0.15) is 0 Å². The molecular weight excluding hydrogens is 186 g/mol. The molecule has 0 rings (SSSR count). The quantitative estimate of drug-likeness (QED) is 0.451. The maximum absolute atomic E-state index is 11.2. The fraction of sp³-hybridized carbons (Fsp3) is 0.750. The SMILES string of the molecule is CCNCC(C)C(=O)NOCC(N)=O. The molecule has 0 heterocycles. The lowest BCUT2D eigenvalue weighted by Crippen LogP contribution is -2.37. The average molecular weight is 203 g/mol. The lowest BCUT2D eigenvalue weighted by Gasteiger charge is -2.11. The molecule has 0 aromatic heterocycles. The van der Waals surface area contributed by atoms with Crippen molar-refractivity contribution < 1.29 is 14.4 Å². The van der Waals surface area contributed by atoms with Gasteiger partial charge < -0.3 is 11.1 Å². The molecule has 0 aliphatic rings. The Morgan fingerprint density at radius 2 is 2.14 bits per heavy atom. The second kappa shape index (κ2) is 7.28. The molecule has 0 fully saturated rings. The van der Waals surface area contributed by atoms with Crippen molar-refractivity contribution in [2.24, 2.45) is 11.7 Å². The van der Waals surface area contributed by atoms with Gasteiger partial charge in [-0.25, -0.2) is 5.48 Å². The van der Waals surface area contributed by atoms with Crippen molar-refractivity contribution in [1.82, 2.24) is 10.8 Å². The lowest BCUT2D eigenvalue weighted by atomic mass is 10.2. The highest BCUT2D eigenvalue weighted by Crippen LogP contribution is 1.91. The Balaban J connectivity index is 3.56. The second-order valence-electron chi connectivity index (χ2n) is 2.93. The Kier molecular flexibility index (Phi) is 6.69. The van der Waals surface area contributed by atoms with Gasteiger partial charge in [-0.15, -0.1) is 0 Å². The minimum Gasteiger partial charge on any atom is -0.368 e. The number of nitrogens with two attached hydrogens (primary N) is 1. The normalized spacial score (nSPS) is 12.1. The molecule has 6 nitrogen and oxygen atoms in total. The van der Waals surface area contributed by atoms with E-state index in [0.29, 0.717) is 6.54 Å². The van der Waals surface area contributed by atoms with Gasteiger partial charge in [0.2, 0.25) is 11.8 Å². The van der Waals surface area contributed by atoms with E-state index in [9.17, 15) is 9.59 Å². The van der Waals surface area contributed by atoms with Crippen LogP contribution in [-0.4, -0.2) is 31.5 Å². The van der Waals surface area contributed by atoms with E-state index in [2.05, 4.69) is 15.6 Å². The fourth-order valence-electron chi connectivity index (χ4n) is 0.732. The van der Waals surface area contributed by atoms with E-state index < -0.39 is 5.91 Å². The average Bonchev–Trinajstić information content (AvgIpc) is 2.13. The number of hydrogen-bond acceptors (Lipinski definition) is 4. The molecule has 6 heteroatoms. The summed E-state index contributed by atoms with van der Waals surface area (Å²) in [5, 5.41) is 3.02. The molecule has 0 saturated heterocycles. The number of carbonyl (C=O) groups is 2. The second-order valence-corrected chi connectivity index (χ2v) is 2.93. The number of primary amides is 1. The third-order valence-electron chi connectivity index (χ3n) is 1.54. The third kappa shape index (κ3) is 6.38. The molecule has 0 aromatic carbocycles. The minimum atomic E-state index is -0.621. The van der Waals surface area contributed by atoms with E-state index in [0.717, 1.165) is 6.54 Å². The molecule has 1 atom stereocenters. The summed E-state index contributed by atoms with van der Waals surface area (Å²) in [6, 6.07) is 0. The Labute approximate surface area is 83.1 Å². The highest BCUT2D eigenvalue weighted by molar-refractivity contribution is 5.78. The van der Waals surface area contributed by atoms with Crippen LogP contribution in [0.25, 0.3) is 0 Å². The first-order valence-electron chi connectivity index (χ1n) is 4.48. The van der Waals surface area contributed by atoms with Crippen LogP contribution in [0.2, 0.25) is 0 Å². The molecule has 1 unspecified atom stereocenters. The number of rotatable bonds is 7. The highest BCUT2D eigenvalue weighted by atomic mass is 16.7. The molecule has 0 aliphatic carbocycles. The van der Waals surface area contributed by atoms with Crippen molar-refractivity contribution in [1.29, 1.82) is 0 Å². The van der Waals surface area contributed by atoms with Crippen LogP contribution in [-0.2, 0) is 14.4 Å². The summed E-state index contributed by atoms with van der Waals surface area (Å²) in [7, 11) is 0. The van der Waals surface area contributed by atoms with Gasteiger partial charge in [0.15, 0.2) is 6.61 Å². The zero-order valence-corrected chi connectivity index (χ0v) is 8.50. The van der Waals surface area contributed by atoms with Crippen molar-refractivity contribution in [3.05, 3.63) is 0 Å². The van der Waals surface area contributed by atoms with E-state index in [-0.39, 0.29) is 18.4 Å². The smallest absolute Gasteiger partial charge is 0.247 e. The van der Waals surface area contributed by atoms with Crippen LogP contribution in [0.3, 0.4) is 0 Å². The van der Waals surface area contributed by atoms with Crippen molar-refractivity contribution in [2.75, 3.05) is 19.7 Å². The maximum Gasteiger partial charge on any atom is 0.247 e. The van der Waals surface area contributed by atoms with Crippen LogP contribution in [0.4, 0.5) is 0 Å². The minimum absolute atomic E-state index is 0.206. The van der Waals surface area contributed by atoms with E-state index in [1.165, 1.54) is 0 Å². The van der Waals surface area contributed by atoms with Crippen LogP contribution in [0, 0.1) is 5.92 Å². The first kappa shape index (κ1) is 12.9. The zero-order chi connectivity index (χ0) is 11.0. The largest absolute Gasteiger partial charge is 0.368 e. The van der Waals surface area contributed by atoms with Crippen molar-refractivity contribution in [2.45, 2.75) is 13.8 Å². The Bertz CT molecular complexity index is 196.